The van der Waals surface area contributed by atoms with Crippen LogP contribution in [0.5, 0.6) is 0 Å². The Bertz CT molecular complexity index is 624. The van der Waals surface area contributed by atoms with Crippen molar-refractivity contribution in [3.63, 3.8) is 0 Å². The molecule has 4 atom stereocenters. The Balaban J connectivity index is 1.80. The third kappa shape index (κ3) is 1.43. The summed E-state index contributed by atoms with van der Waals surface area (Å²) in [6, 6.07) is 9.53. The Morgan fingerprint density at radius 2 is 1.58 bits per heavy atom. The molecule has 1 aromatic carbocycles. The highest BCUT2D eigenvalue weighted by Crippen LogP contribution is 2.52. The van der Waals surface area contributed by atoms with Crippen molar-refractivity contribution in [2.24, 2.45) is 23.7 Å². The van der Waals surface area contributed by atoms with Crippen LogP contribution < -0.4 is 0 Å². The summed E-state index contributed by atoms with van der Waals surface area (Å²) in [4.78, 5) is 25.0. The van der Waals surface area contributed by atoms with Gasteiger partial charge in [0.2, 0.25) is 0 Å². The van der Waals surface area contributed by atoms with E-state index in [1.165, 1.54) is 0 Å². The van der Waals surface area contributed by atoms with Gasteiger partial charge in [0.1, 0.15) is 0 Å². The third-order valence-electron chi connectivity index (χ3n) is 4.73. The van der Waals surface area contributed by atoms with Crippen LogP contribution in [0.25, 0.3) is 5.57 Å². The van der Waals surface area contributed by atoms with Gasteiger partial charge < -0.3 is 0 Å². The second-order valence-electron chi connectivity index (χ2n) is 5.69. The molecule has 1 fully saturated rings. The molecule has 3 aliphatic carbocycles. The Morgan fingerprint density at radius 1 is 0.895 bits per heavy atom. The first-order chi connectivity index (χ1) is 9.25. The number of hydrogen-bond donors (Lipinski definition) is 0. The molecule has 19 heavy (non-hydrogen) atoms. The van der Waals surface area contributed by atoms with Crippen LogP contribution in [-0.4, -0.2) is 11.6 Å². The summed E-state index contributed by atoms with van der Waals surface area (Å²) in [7, 11) is 0. The van der Waals surface area contributed by atoms with Gasteiger partial charge in [0.05, 0.1) is 0 Å². The molecule has 0 heterocycles. The number of benzene rings is 1. The maximum absolute atomic E-state index is 12.7. The van der Waals surface area contributed by atoms with Crippen LogP contribution in [-0.2, 0) is 9.59 Å². The fourth-order valence-corrected chi connectivity index (χ4v) is 3.90. The Kier molecular flexibility index (Phi) is 2.16. The van der Waals surface area contributed by atoms with Gasteiger partial charge >= 0.3 is 0 Å². The molecule has 2 bridgehead atoms. The lowest BCUT2D eigenvalue weighted by atomic mass is 9.71. The predicted molar refractivity (Wildman–Crippen MR) is 72.2 cm³/mol. The van der Waals surface area contributed by atoms with Gasteiger partial charge in [-0.2, -0.15) is 0 Å². The molecule has 0 N–H and O–H groups in total. The molecule has 2 heteroatoms. The molecule has 0 saturated heterocycles. The van der Waals surface area contributed by atoms with E-state index in [-0.39, 0.29) is 29.3 Å². The summed E-state index contributed by atoms with van der Waals surface area (Å²) < 4.78 is 0. The van der Waals surface area contributed by atoms with Crippen LogP contribution in [0.3, 0.4) is 0 Å². The van der Waals surface area contributed by atoms with Gasteiger partial charge in [-0.1, -0.05) is 42.5 Å². The van der Waals surface area contributed by atoms with Gasteiger partial charge in [0.15, 0.2) is 11.6 Å². The van der Waals surface area contributed by atoms with E-state index in [2.05, 4.69) is 12.2 Å². The van der Waals surface area contributed by atoms with Gasteiger partial charge in [0, 0.05) is 17.4 Å². The molecule has 0 aromatic heterocycles. The van der Waals surface area contributed by atoms with Crippen LogP contribution in [0.15, 0.2) is 48.6 Å². The highest BCUT2D eigenvalue weighted by molar-refractivity contribution is 6.29. The summed E-state index contributed by atoms with van der Waals surface area (Å²) in [5.41, 5.74) is 1.47. The maximum Gasteiger partial charge on any atom is 0.168 e. The smallest absolute Gasteiger partial charge is 0.168 e. The van der Waals surface area contributed by atoms with Crippen molar-refractivity contribution in [3.8, 4) is 0 Å². The first-order valence-electron chi connectivity index (χ1n) is 6.79. The van der Waals surface area contributed by atoms with Gasteiger partial charge in [-0.3, -0.25) is 9.59 Å². The van der Waals surface area contributed by atoms with Crippen LogP contribution in [0.2, 0.25) is 0 Å². The van der Waals surface area contributed by atoms with Crippen molar-refractivity contribution in [1.29, 1.82) is 0 Å². The zero-order chi connectivity index (χ0) is 13.0. The first-order valence-corrected chi connectivity index (χ1v) is 6.79. The van der Waals surface area contributed by atoms with E-state index in [4.69, 9.17) is 0 Å². The van der Waals surface area contributed by atoms with Crippen molar-refractivity contribution in [2.45, 2.75) is 6.42 Å². The molecule has 94 valence electrons. The molecule has 0 radical (unpaired) electrons. The minimum absolute atomic E-state index is 0.0880. The number of hydrogen-bond acceptors (Lipinski definition) is 2. The van der Waals surface area contributed by atoms with Crippen LogP contribution >= 0.6 is 0 Å². The predicted octanol–water partition coefficient (Wildman–Crippen LogP) is 2.66. The summed E-state index contributed by atoms with van der Waals surface area (Å²) in [6.45, 7) is 0. The van der Waals surface area contributed by atoms with Gasteiger partial charge in [0.25, 0.3) is 0 Å². The highest BCUT2D eigenvalue weighted by Gasteiger charge is 2.53. The minimum Gasteiger partial charge on any atom is -0.294 e. The van der Waals surface area contributed by atoms with Gasteiger partial charge in [-0.25, -0.2) is 0 Å². The van der Waals surface area contributed by atoms with Crippen LogP contribution in [0.4, 0.5) is 0 Å². The fourth-order valence-electron chi connectivity index (χ4n) is 3.90. The van der Waals surface area contributed by atoms with Gasteiger partial charge in [-0.05, 0) is 29.9 Å². The van der Waals surface area contributed by atoms with E-state index in [1.54, 1.807) is 6.08 Å². The zero-order valence-electron chi connectivity index (χ0n) is 10.5. The minimum atomic E-state index is -0.109. The third-order valence-corrected chi connectivity index (χ3v) is 4.73. The zero-order valence-corrected chi connectivity index (χ0v) is 10.5. The van der Waals surface area contributed by atoms with E-state index >= 15 is 0 Å². The normalized spacial score (nSPS) is 35.5. The molecule has 2 nitrogen and oxygen atoms in total. The number of Topliss-reactive ketones (excluding diaryl/α,β-unsaturated/α-hetero) is 1. The number of rotatable bonds is 1. The molecular weight excluding hydrogens is 236 g/mol. The summed E-state index contributed by atoms with van der Waals surface area (Å²) in [5.74, 6) is 0.671. The SMILES string of the molecule is O=C1C=C(c2ccccc2)C(=O)C2C3C=CC(C3)C12. The number of carbonyl (C=O) groups excluding carboxylic acids is 2. The van der Waals surface area contributed by atoms with E-state index in [0.29, 0.717) is 11.5 Å². The quantitative estimate of drug-likeness (QED) is 0.718. The largest absolute Gasteiger partial charge is 0.294 e. The van der Waals surface area contributed by atoms with Crippen molar-refractivity contribution >= 4 is 17.1 Å². The molecule has 1 saturated carbocycles. The topological polar surface area (TPSA) is 34.1 Å². The van der Waals surface area contributed by atoms with Crippen molar-refractivity contribution < 1.29 is 9.59 Å². The second kappa shape index (κ2) is 3.77. The first kappa shape index (κ1) is 10.9. The molecule has 0 aliphatic heterocycles. The summed E-state index contributed by atoms with van der Waals surface area (Å²) in [5, 5.41) is 0. The van der Waals surface area contributed by atoms with Gasteiger partial charge in [-0.15, -0.1) is 0 Å². The number of carbonyl (C=O) groups is 2. The Labute approximate surface area is 111 Å². The molecule has 0 amide bonds. The fraction of sp³-hybridized carbons (Fsp3) is 0.294. The number of fused-ring (bicyclic) bond motifs is 5. The summed E-state index contributed by atoms with van der Waals surface area (Å²) in [6.07, 6.45) is 6.80. The van der Waals surface area contributed by atoms with Crippen molar-refractivity contribution in [1.82, 2.24) is 0 Å². The average molecular weight is 250 g/mol. The average Bonchev–Trinajstić information content (AvgIpc) is 3.05. The molecule has 3 aliphatic rings. The van der Waals surface area contributed by atoms with E-state index < -0.39 is 0 Å². The van der Waals surface area contributed by atoms with E-state index in [0.717, 1.165) is 12.0 Å². The Hall–Kier alpha value is -1.96. The molecule has 4 rings (SSSR count). The number of allylic oxidation sites excluding steroid dienone is 4. The Morgan fingerprint density at radius 3 is 2.32 bits per heavy atom. The van der Waals surface area contributed by atoms with Crippen molar-refractivity contribution in [3.05, 3.63) is 54.1 Å². The highest BCUT2D eigenvalue weighted by atomic mass is 16.1. The lowest BCUT2D eigenvalue weighted by molar-refractivity contribution is -0.128. The maximum atomic E-state index is 12.7. The standard InChI is InChI=1S/C17H14O2/c18-14-9-13(10-4-2-1-3-5-10)17(19)16-12-7-6-11(8-12)15(14)16/h1-7,9,11-12,15-16H,8H2. The summed E-state index contributed by atoms with van der Waals surface area (Å²) >= 11 is 0. The second-order valence-corrected chi connectivity index (χ2v) is 5.69. The van der Waals surface area contributed by atoms with E-state index in [9.17, 15) is 9.59 Å². The number of ketones is 2. The lowest BCUT2D eigenvalue weighted by Crippen LogP contribution is -2.36. The molecule has 0 spiro atoms. The van der Waals surface area contributed by atoms with Crippen LogP contribution in [0, 0.1) is 23.7 Å². The molecule has 4 unspecified atom stereocenters. The monoisotopic (exact) mass is 250 g/mol. The molecule has 1 aromatic rings. The van der Waals surface area contributed by atoms with E-state index in [1.807, 2.05) is 30.3 Å². The lowest BCUT2D eigenvalue weighted by Gasteiger charge is -2.29. The van der Waals surface area contributed by atoms with Crippen molar-refractivity contribution in [2.75, 3.05) is 0 Å². The van der Waals surface area contributed by atoms with Crippen LogP contribution in [0.1, 0.15) is 12.0 Å². The molecular formula is C17H14O2.